The highest BCUT2D eigenvalue weighted by atomic mass is 35.5. The summed E-state index contributed by atoms with van der Waals surface area (Å²) in [5, 5.41) is 3.35. The highest BCUT2D eigenvalue weighted by Gasteiger charge is 2.11. The molecule has 6 heteroatoms. The number of primary amides is 1. The third kappa shape index (κ3) is 3.35. The lowest BCUT2D eigenvalue weighted by atomic mass is 10.0. The lowest BCUT2D eigenvalue weighted by molar-refractivity contribution is 0.100. The fourth-order valence-corrected chi connectivity index (χ4v) is 1.99. The van der Waals surface area contributed by atoms with Crippen LogP contribution < -0.4 is 11.1 Å². The molecule has 0 saturated heterocycles. The standard InChI is InChI=1S/C14H12ClN3O2/c15-13-5-12(11(7-18-13)14(16)20)17-6-9-2-1-3-10(4-9)8-19/h1-3,5,7H,4,6H2,(H2,16,20)(H,17,18). The van der Waals surface area contributed by atoms with Gasteiger partial charge in [0.2, 0.25) is 0 Å². The number of nitrogens with one attached hydrogen (secondary N) is 1. The van der Waals surface area contributed by atoms with Crippen molar-refractivity contribution in [3.8, 4) is 0 Å². The van der Waals surface area contributed by atoms with Crippen molar-refractivity contribution in [3.63, 3.8) is 0 Å². The van der Waals surface area contributed by atoms with Gasteiger partial charge in [-0.15, -0.1) is 0 Å². The number of pyridine rings is 1. The third-order valence-corrected chi connectivity index (χ3v) is 3.03. The first-order valence-electron chi connectivity index (χ1n) is 5.89. The number of halogens is 1. The summed E-state index contributed by atoms with van der Waals surface area (Å²) >= 11 is 5.80. The number of amides is 1. The van der Waals surface area contributed by atoms with Gasteiger partial charge in [-0.1, -0.05) is 23.8 Å². The second-order valence-electron chi connectivity index (χ2n) is 4.26. The van der Waals surface area contributed by atoms with E-state index in [0.717, 1.165) is 5.57 Å². The SMILES string of the molecule is NC(=O)c1cnc(Cl)cc1NCC1=CC=CC(=C=O)C1. The summed E-state index contributed by atoms with van der Waals surface area (Å²) in [5.41, 5.74) is 7.65. The highest BCUT2D eigenvalue weighted by molar-refractivity contribution is 6.29. The van der Waals surface area contributed by atoms with E-state index in [9.17, 15) is 9.59 Å². The Bertz CT molecular complexity index is 658. The zero-order chi connectivity index (χ0) is 14.5. The van der Waals surface area contributed by atoms with Gasteiger partial charge in [-0.2, -0.15) is 0 Å². The van der Waals surface area contributed by atoms with Gasteiger partial charge in [0.25, 0.3) is 5.91 Å². The van der Waals surface area contributed by atoms with Gasteiger partial charge in [0, 0.05) is 24.7 Å². The molecule has 0 aromatic carbocycles. The van der Waals surface area contributed by atoms with Gasteiger partial charge in [-0.05, 0) is 17.7 Å². The lowest BCUT2D eigenvalue weighted by Crippen LogP contribution is -2.16. The summed E-state index contributed by atoms with van der Waals surface area (Å²) in [6.07, 6.45) is 7.26. The monoisotopic (exact) mass is 289 g/mol. The van der Waals surface area contributed by atoms with E-state index in [2.05, 4.69) is 10.3 Å². The first kappa shape index (κ1) is 14.1. The Morgan fingerprint density at radius 2 is 2.35 bits per heavy atom. The van der Waals surface area contributed by atoms with Crippen LogP contribution in [0.3, 0.4) is 0 Å². The average molecular weight is 290 g/mol. The van der Waals surface area contributed by atoms with Crippen LogP contribution in [0.4, 0.5) is 5.69 Å². The van der Waals surface area contributed by atoms with E-state index in [-0.39, 0.29) is 10.7 Å². The summed E-state index contributed by atoms with van der Waals surface area (Å²) in [6.45, 7) is 0.468. The molecule has 2 rings (SSSR count). The van der Waals surface area contributed by atoms with Gasteiger partial charge in [0.1, 0.15) is 11.1 Å². The number of allylic oxidation sites excluding steroid dienone is 4. The first-order valence-corrected chi connectivity index (χ1v) is 6.27. The minimum Gasteiger partial charge on any atom is -0.380 e. The fraction of sp³-hybridized carbons (Fsp3) is 0.143. The first-order chi connectivity index (χ1) is 9.60. The molecule has 20 heavy (non-hydrogen) atoms. The van der Waals surface area contributed by atoms with E-state index in [1.165, 1.54) is 12.3 Å². The molecular formula is C14H12ClN3O2. The van der Waals surface area contributed by atoms with E-state index < -0.39 is 5.91 Å². The van der Waals surface area contributed by atoms with Crippen LogP contribution in [0.25, 0.3) is 0 Å². The van der Waals surface area contributed by atoms with Crippen LogP contribution >= 0.6 is 11.6 Å². The molecule has 5 nitrogen and oxygen atoms in total. The quantitative estimate of drug-likeness (QED) is 0.655. The Balaban J connectivity index is 2.13. The van der Waals surface area contributed by atoms with Gasteiger partial charge in [0.05, 0.1) is 11.3 Å². The molecule has 0 aliphatic heterocycles. The van der Waals surface area contributed by atoms with Crippen LogP contribution in [0.1, 0.15) is 16.8 Å². The molecule has 102 valence electrons. The van der Waals surface area contributed by atoms with Gasteiger partial charge in [-0.3, -0.25) is 4.79 Å². The third-order valence-electron chi connectivity index (χ3n) is 2.82. The van der Waals surface area contributed by atoms with Crippen LogP contribution in [0.5, 0.6) is 0 Å². The molecule has 1 aliphatic carbocycles. The molecule has 1 aromatic heterocycles. The van der Waals surface area contributed by atoms with E-state index in [1.807, 2.05) is 12.0 Å². The van der Waals surface area contributed by atoms with Crippen molar-refractivity contribution in [1.82, 2.24) is 4.98 Å². The van der Waals surface area contributed by atoms with Crippen molar-refractivity contribution >= 4 is 29.1 Å². The summed E-state index contributed by atoms with van der Waals surface area (Å²) in [6, 6.07) is 1.54. The largest absolute Gasteiger partial charge is 0.380 e. The molecule has 0 spiro atoms. The van der Waals surface area contributed by atoms with Crippen molar-refractivity contribution in [1.29, 1.82) is 0 Å². The van der Waals surface area contributed by atoms with Crippen molar-refractivity contribution < 1.29 is 9.59 Å². The molecule has 0 bridgehead atoms. The van der Waals surface area contributed by atoms with Crippen molar-refractivity contribution in [3.05, 3.63) is 52.4 Å². The molecule has 1 aromatic rings. The molecule has 1 aliphatic rings. The smallest absolute Gasteiger partial charge is 0.252 e. The van der Waals surface area contributed by atoms with Gasteiger partial charge in [-0.25, -0.2) is 9.78 Å². The van der Waals surface area contributed by atoms with Gasteiger partial charge < -0.3 is 11.1 Å². The number of anilines is 1. The minimum atomic E-state index is -0.581. The van der Waals surface area contributed by atoms with Crippen molar-refractivity contribution in [2.75, 3.05) is 11.9 Å². The number of nitrogens with zero attached hydrogens (tertiary/aromatic N) is 1. The second-order valence-corrected chi connectivity index (χ2v) is 4.65. The number of nitrogens with two attached hydrogens (primary N) is 1. The van der Waals surface area contributed by atoms with E-state index in [0.29, 0.717) is 24.2 Å². The Morgan fingerprint density at radius 3 is 3.05 bits per heavy atom. The van der Waals surface area contributed by atoms with E-state index >= 15 is 0 Å². The molecular weight excluding hydrogens is 278 g/mol. The van der Waals surface area contributed by atoms with Gasteiger partial charge in [0.15, 0.2) is 0 Å². The average Bonchev–Trinajstić information content (AvgIpc) is 2.45. The Kier molecular flexibility index (Phi) is 4.35. The van der Waals surface area contributed by atoms with E-state index in [4.69, 9.17) is 17.3 Å². The fourth-order valence-electron chi connectivity index (χ4n) is 1.84. The zero-order valence-corrected chi connectivity index (χ0v) is 11.3. The highest BCUT2D eigenvalue weighted by Crippen LogP contribution is 2.21. The van der Waals surface area contributed by atoms with Crippen molar-refractivity contribution in [2.45, 2.75) is 6.42 Å². The number of aromatic nitrogens is 1. The molecule has 0 atom stereocenters. The minimum absolute atomic E-state index is 0.267. The molecule has 0 unspecified atom stereocenters. The Hall–Kier alpha value is -2.36. The molecule has 0 radical (unpaired) electrons. The second kappa shape index (κ2) is 6.19. The van der Waals surface area contributed by atoms with Crippen LogP contribution in [0, 0.1) is 0 Å². The maximum Gasteiger partial charge on any atom is 0.252 e. The summed E-state index contributed by atoms with van der Waals surface area (Å²) in [7, 11) is 0. The Labute approximate surface area is 120 Å². The maximum absolute atomic E-state index is 11.3. The number of rotatable bonds is 4. The summed E-state index contributed by atoms with van der Waals surface area (Å²) in [4.78, 5) is 25.7. The molecule has 3 N–H and O–H groups in total. The molecule has 1 heterocycles. The number of carbonyl (C=O) groups excluding carboxylic acids is 2. The van der Waals surface area contributed by atoms with Gasteiger partial charge >= 0.3 is 0 Å². The van der Waals surface area contributed by atoms with E-state index in [1.54, 1.807) is 12.2 Å². The number of carbonyl (C=O) groups is 1. The summed E-state index contributed by atoms with van der Waals surface area (Å²) in [5.74, 6) is 1.30. The van der Waals surface area contributed by atoms with Crippen LogP contribution in [0.2, 0.25) is 5.15 Å². The van der Waals surface area contributed by atoms with Crippen molar-refractivity contribution in [2.24, 2.45) is 5.73 Å². The Morgan fingerprint density at radius 1 is 1.55 bits per heavy atom. The molecule has 0 fully saturated rings. The van der Waals surface area contributed by atoms with Crippen LogP contribution in [0.15, 0.2) is 41.6 Å². The number of hydrogen-bond donors (Lipinski definition) is 2. The predicted octanol–water partition coefficient (Wildman–Crippen LogP) is 1.89. The van der Waals surface area contributed by atoms with Crippen LogP contribution in [-0.2, 0) is 4.79 Å². The zero-order valence-electron chi connectivity index (χ0n) is 10.5. The molecule has 0 saturated carbocycles. The normalized spacial score (nSPS) is 13.7. The molecule has 1 amide bonds. The van der Waals surface area contributed by atoms with Crippen LogP contribution in [-0.4, -0.2) is 23.4 Å². The lowest BCUT2D eigenvalue weighted by Gasteiger charge is -2.13. The summed E-state index contributed by atoms with van der Waals surface area (Å²) < 4.78 is 0. The number of hydrogen-bond acceptors (Lipinski definition) is 4. The maximum atomic E-state index is 11.3. The topological polar surface area (TPSA) is 85.1 Å². The predicted molar refractivity (Wildman–Crippen MR) is 77.3 cm³/mol.